The number of carbonyl (C=O) groups excluding carboxylic acids is 1. The number of H-pyrrole nitrogens is 1. The van der Waals surface area contributed by atoms with E-state index in [1.807, 2.05) is 23.1 Å². The normalized spacial score (nSPS) is 21.9. The number of hydrogen-bond acceptors (Lipinski definition) is 2. The molecule has 0 spiro atoms. The fourth-order valence-corrected chi connectivity index (χ4v) is 4.29. The number of aromatic nitrogens is 2. The van der Waals surface area contributed by atoms with Gasteiger partial charge in [-0.3, -0.25) is 0 Å². The second-order valence-electron chi connectivity index (χ2n) is 8.05. The van der Waals surface area contributed by atoms with Crippen molar-refractivity contribution in [2.24, 2.45) is 11.8 Å². The summed E-state index contributed by atoms with van der Waals surface area (Å²) in [6, 6.07) is 8.79. The Labute approximate surface area is 148 Å². The van der Waals surface area contributed by atoms with Crippen molar-refractivity contribution in [3.05, 3.63) is 30.1 Å². The van der Waals surface area contributed by atoms with Crippen LogP contribution in [0.15, 0.2) is 24.3 Å². The first-order valence-corrected chi connectivity index (χ1v) is 9.78. The number of urea groups is 1. The lowest BCUT2D eigenvalue weighted by atomic mass is 9.96. The summed E-state index contributed by atoms with van der Waals surface area (Å²) in [5.74, 6) is 3.02. The number of fused-ring (bicyclic) bond motifs is 1. The van der Waals surface area contributed by atoms with E-state index in [-0.39, 0.29) is 6.03 Å². The first kappa shape index (κ1) is 15.2. The molecule has 2 amide bonds. The third-order valence-electron chi connectivity index (χ3n) is 6.13. The van der Waals surface area contributed by atoms with Gasteiger partial charge in [-0.05, 0) is 62.5 Å². The molecule has 3 fully saturated rings. The van der Waals surface area contributed by atoms with Gasteiger partial charge >= 0.3 is 6.03 Å². The van der Waals surface area contributed by atoms with Crippen LogP contribution < -0.4 is 5.32 Å². The van der Waals surface area contributed by atoms with Crippen LogP contribution in [0.25, 0.3) is 11.0 Å². The van der Waals surface area contributed by atoms with Crippen molar-refractivity contribution in [1.82, 2.24) is 20.2 Å². The standard InChI is InChI=1S/C20H26N4O/c25-20(23-18(13-5-6-13)14-7-8-14)24-11-9-15(10-12-24)19-21-16-3-1-2-4-17(16)22-19/h1-4,13-15,18H,5-12H2,(H,21,22)(H,23,25). The molecule has 1 aromatic heterocycles. The number of carbonyl (C=O) groups is 1. The molecule has 2 aliphatic carbocycles. The molecule has 132 valence electrons. The minimum atomic E-state index is 0.159. The zero-order chi connectivity index (χ0) is 16.8. The van der Waals surface area contributed by atoms with E-state index in [0.29, 0.717) is 12.0 Å². The van der Waals surface area contributed by atoms with E-state index < -0.39 is 0 Å². The predicted octanol–water partition coefficient (Wildman–Crippen LogP) is 3.64. The van der Waals surface area contributed by atoms with Crippen molar-refractivity contribution in [2.45, 2.75) is 50.5 Å². The van der Waals surface area contributed by atoms with Crippen molar-refractivity contribution in [2.75, 3.05) is 13.1 Å². The molecule has 0 unspecified atom stereocenters. The maximum Gasteiger partial charge on any atom is 0.317 e. The topological polar surface area (TPSA) is 61.0 Å². The second kappa shape index (κ2) is 6.04. The molecule has 0 atom stereocenters. The SMILES string of the molecule is O=C(NC(C1CC1)C1CC1)N1CCC(c2nc3ccccc3[nH]2)CC1. The van der Waals surface area contributed by atoms with Gasteiger partial charge in [0.15, 0.2) is 0 Å². The Morgan fingerprint density at radius 2 is 1.76 bits per heavy atom. The first-order chi connectivity index (χ1) is 12.3. The van der Waals surface area contributed by atoms with Gasteiger partial charge in [-0.1, -0.05) is 12.1 Å². The molecular weight excluding hydrogens is 312 g/mol. The van der Waals surface area contributed by atoms with Gasteiger partial charge in [0.05, 0.1) is 11.0 Å². The highest BCUT2D eigenvalue weighted by Gasteiger charge is 2.42. The smallest absolute Gasteiger partial charge is 0.317 e. The third-order valence-corrected chi connectivity index (χ3v) is 6.13. The molecule has 1 aliphatic heterocycles. The van der Waals surface area contributed by atoms with Gasteiger partial charge < -0.3 is 15.2 Å². The van der Waals surface area contributed by atoms with E-state index in [1.54, 1.807) is 0 Å². The van der Waals surface area contributed by atoms with E-state index in [2.05, 4.69) is 16.4 Å². The Hall–Kier alpha value is -2.04. The number of likely N-dealkylation sites (tertiary alicyclic amines) is 1. The third kappa shape index (κ3) is 3.12. The van der Waals surface area contributed by atoms with Crippen LogP contribution in [0.1, 0.15) is 50.3 Å². The molecular formula is C20H26N4O. The van der Waals surface area contributed by atoms with Gasteiger partial charge in [0.25, 0.3) is 0 Å². The Morgan fingerprint density at radius 3 is 2.40 bits per heavy atom. The van der Waals surface area contributed by atoms with Crippen molar-refractivity contribution >= 4 is 17.1 Å². The van der Waals surface area contributed by atoms with Crippen LogP contribution in [-0.2, 0) is 0 Å². The lowest BCUT2D eigenvalue weighted by Crippen LogP contribution is -2.49. The van der Waals surface area contributed by atoms with Gasteiger partial charge in [0.1, 0.15) is 5.82 Å². The summed E-state index contributed by atoms with van der Waals surface area (Å²) in [5.41, 5.74) is 2.14. The Bertz CT molecular complexity index is 724. The predicted molar refractivity (Wildman–Crippen MR) is 97.4 cm³/mol. The summed E-state index contributed by atoms with van der Waals surface area (Å²) in [6.07, 6.45) is 7.19. The van der Waals surface area contributed by atoms with Crippen LogP contribution in [-0.4, -0.2) is 40.0 Å². The van der Waals surface area contributed by atoms with Crippen LogP contribution in [0.4, 0.5) is 4.79 Å². The summed E-state index contributed by atoms with van der Waals surface area (Å²) >= 11 is 0. The van der Waals surface area contributed by atoms with Gasteiger partial charge in [-0.15, -0.1) is 0 Å². The van der Waals surface area contributed by atoms with E-state index in [0.717, 1.165) is 54.6 Å². The van der Waals surface area contributed by atoms with E-state index >= 15 is 0 Å². The molecule has 2 aromatic rings. The van der Waals surface area contributed by atoms with Gasteiger partial charge in [-0.25, -0.2) is 9.78 Å². The van der Waals surface area contributed by atoms with Gasteiger partial charge in [-0.2, -0.15) is 0 Å². The van der Waals surface area contributed by atoms with Gasteiger partial charge in [0, 0.05) is 25.0 Å². The molecule has 1 aromatic carbocycles. The highest BCUT2D eigenvalue weighted by molar-refractivity contribution is 5.75. The summed E-state index contributed by atoms with van der Waals surface area (Å²) in [4.78, 5) is 22.9. The first-order valence-electron chi connectivity index (χ1n) is 9.78. The maximum absolute atomic E-state index is 12.6. The van der Waals surface area contributed by atoms with Gasteiger partial charge in [0.2, 0.25) is 0 Å². The monoisotopic (exact) mass is 338 g/mol. The molecule has 2 saturated carbocycles. The molecule has 0 bridgehead atoms. The number of imidazole rings is 1. The summed E-state index contributed by atoms with van der Waals surface area (Å²) in [6.45, 7) is 1.66. The zero-order valence-corrected chi connectivity index (χ0v) is 14.6. The molecule has 1 saturated heterocycles. The van der Waals surface area contributed by atoms with Crippen molar-refractivity contribution in [1.29, 1.82) is 0 Å². The number of amides is 2. The van der Waals surface area contributed by atoms with Crippen LogP contribution in [0, 0.1) is 11.8 Å². The minimum absolute atomic E-state index is 0.159. The lowest BCUT2D eigenvalue weighted by molar-refractivity contribution is 0.173. The van der Waals surface area contributed by atoms with Crippen LogP contribution >= 0.6 is 0 Å². The summed E-state index contributed by atoms with van der Waals surface area (Å²) in [7, 11) is 0. The Kier molecular flexibility index (Phi) is 3.68. The summed E-state index contributed by atoms with van der Waals surface area (Å²) < 4.78 is 0. The minimum Gasteiger partial charge on any atom is -0.342 e. The number of aromatic amines is 1. The highest BCUT2D eigenvalue weighted by atomic mass is 16.2. The number of nitrogens with one attached hydrogen (secondary N) is 2. The number of para-hydroxylation sites is 2. The largest absolute Gasteiger partial charge is 0.342 e. The summed E-state index contributed by atoms with van der Waals surface area (Å²) in [5, 5.41) is 3.35. The Balaban J connectivity index is 1.19. The Morgan fingerprint density at radius 1 is 1.08 bits per heavy atom. The quantitative estimate of drug-likeness (QED) is 0.894. The average molecular weight is 338 g/mol. The molecule has 2 N–H and O–H groups in total. The van der Waals surface area contributed by atoms with Crippen molar-refractivity contribution in [3.63, 3.8) is 0 Å². The fraction of sp³-hybridized carbons (Fsp3) is 0.600. The van der Waals surface area contributed by atoms with E-state index in [9.17, 15) is 4.79 Å². The van der Waals surface area contributed by atoms with E-state index in [1.165, 1.54) is 25.7 Å². The number of nitrogens with zero attached hydrogens (tertiary/aromatic N) is 2. The van der Waals surface area contributed by atoms with Crippen molar-refractivity contribution < 1.29 is 4.79 Å². The number of hydrogen-bond donors (Lipinski definition) is 2. The van der Waals surface area contributed by atoms with Crippen molar-refractivity contribution in [3.8, 4) is 0 Å². The average Bonchev–Trinajstić information content (AvgIpc) is 3.57. The van der Waals surface area contributed by atoms with Crippen LogP contribution in [0.2, 0.25) is 0 Å². The lowest BCUT2D eigenvalue weighted by Gasteiger charge is -2.32. The molecule has 25 heavy (non-hydrogen) atoms. The number of benzene rings is 1. The molecule has 5 heteroatoms. The zero-order valence-electron chi connectivity index (χ0n) is 14.6. The number of rotatable bonds is 4. The van der Waals surface area contributed by atoms with Crippen LogP contribution in [0.3, 0.4) is 0 Å². The molecule has 5 nitrogen and oxygen atoms in total. The van der Waals surface area contributed by atoms with E-state index in [4.69, 9.17) is 4.98 Å². The van der Waals surface area contributed by atoms with Crippen LogP contribution in [0.5, 0.6) is 0 Å². The molecule has 3 aliphatic rings. The highest BCUT2D eigenvalue weighted by Crippen LogP contribution is 2.44. The molecule has 0 radical (unpaired) electrons. The molecule has 2 heterocycles. The maximum atomic E-state index is 12.6. The number of piperidine rings is 1. The molecule has 5 rings (SSSR count). The second-order valence-corrected chi connectivity index (χ2v) is 8.05. The fourth-order valence-electron chi connectivity index (χ4n) is 4.29.